The van der Waals surface area contributed by atoms with Gasteiger partial charge in [-0.2, -0.15) is 0 Å². The van der Waals surface area contributed by atoms with E-state index in [0.717, 1.165) is 9.37 Å². The molecule has 0 unspecified atom stereocenters. The lowest BCUT2D eigenvalue weighted by molar-refractivity contribution is -0.143. The van der Waals surface area contributed by atoms with Crippen LogP contribution >= 0.6 is 15.9 Å². The van der Waals surface area contributed by atoms with Crippen molar-refractivity contribution in [3.63, 3.8) is 0 Å². The van der Waals surface area contributed by atoms with Crippen molar-refractivity contribution >= 4 is 39.9 Å². The zero-order valence-electron chi connectivity index (χ0n) is 11.8. The summed E-state index contributed by atoms with van der Waals surface area (Å²) in [6.45, 7) is 1.24. The van der Waals surface area contributed by atoms with E-state index in [9.17, 15) is 19.5 Å². The van der Waals surface area contributed by atoms with Crippen molar-refractivity contribution in [2.45, 2.75) is 6.92 Å². The Kier molecular flexibility index (Phi) is 4.51. The Morgan fingerprint density at radius 2 is 2.14 bits per heavy atom. The summed E-state index contributed by atoms with van der Waals surface area (Å²) in [5.41, 5.74) is 0.960. The van der Waals surface area contributed by atoms with Crippen LogP contribution in [-0.2, 0) is 14.3 Å². The maximum absolute atomic E-state index is 12.1. The minimum Gasteiger partial charge on any atom is -0.507 e. The van der Waals surface area contributed by atoms with Crippen LogP contribution in [0.3, 0.4) is 0 Å². The molecule has 0 aliphatic carbocycles. The molecule has 1 aliphatic rings. The maximum atomic E-state index is 12.1. The lowest BCUT2D eigenvalue weighted by Crippen LogP contribution is -2.36. The zero-order valence-corrected chi connectivity index (χ0v) is 13.4. The van der Waals surface area contributed by atoms with E-state index in [1.807, 2.05) is 0 Å². The van der Waals surface area contributed by atoms with Crippen LogP contribution in [0.15, 0.2) is 22.3 Å². The summed E-state index contributed by atoms with van der Waals surface area (Å²) >= 11 is 3.29. The third-order valence-corrected chi connectivity index (χ3v) is 3.53. The van der Waals surface area contributed by atoms with Crippen molar-refractivity contribution in [1.29, 1.82) is 0 Å². The fourth-order valence-corrected chi connectivity index (χ4v) is 2.53. The van der Waals surface area contributed by atoms with Gasteiger partial charge in [0.25, 0.3) is 5.91 Å². The van der Waals surface area contributed by atoms with Gasteiger partial charge in [0.2, 0.25) is 0 Å². The van der Waals surface area contributed by atoms with Gasteiger partial charge in [0.1, 0.15) is 18.0 Å². The molecule has 8 heteroatoms. The van der Waals surface area contributed by atoms with Gasteiger partial charge in [-0.1, -0.05) is 15.9 Å². The lowest BCUT2D eigenvalue weighted by atomic mass is 10.1. The molecule has 1 aromatic rings. The third kappa shape index (κ3) is 3.11. The number of aromatic hydroxyl groups is 1. The second-order valence-electron chi connectivity index (χ2n) is 4.62. The monoisotopic (exact) mass is 368 g/mol. The molecule has 2 N–H and O–H groups in total. The first kappa shape index (κ1) is 16.0. The number of benzene rings is 1. The van der Waals surface area contributed by atoms with Gasteiger partial charge in [0.05, 0.1) is 7.11 Å². The molecule has 2 rings (SSSR count). The van der Waals surface area contributed by atoms with Crippen LogP contribution < -0.4 is 5.32 Å². The highest BCUT2D eigenvalue weighted by atomic mass is 79.9. The number of carbonyl (C=O) groups is 3. The average Bonchev–Trinajstić information content (AvgIpc) is 2.71. The van der Waals surface area contributed by atoms with Crippen LogP contribution in [0.4, 0.5) is 4.79 Å². The van der Waals surface area contributed by atoms with Gasteiger partial charge in [-0.05, 0) is 30.7 Å². The number of amides is 3. The summed E-state index contributed by atoms with van der Waals surface area (Å²) in [4.78, 5) is 35.8. The highest BCUT2D eigenvalue weighted by molar-refractivity contribution is 9.10. The number of rotatable bonds is 3. The molecule has 0 radical (unpaired) electrons. The van der Waals surface area contributed by atoms with Gasteiger partial charge in [0, 0.05) is 10.0 Å². The van der Waals surface area contributed by atoms with Gasteiger partial charge in [-0.3, -0.25) is 9.59 Å². The Morgan fingerprint density at radius 3 is 2.77 bits per heavy atom. The molecule has 1 aliphatic heterocycles. The van der Waals surface area contributed by atoms with Crippen molar-refractivity contribution in [2.75, 3.05) is 13.7 Å². The van der Waals surface area contributed by atoms with Crippen LogP contribution in [0.5, 0.6) is 5.75 Å². The predicted octanol–water partition coefficient (Wildman–Crippen LogP) is 1.53. The number of phenols is 1. The van der Waals surface area contributed by atoms with E-state index >= 15 is 0 Å². The highest BCUT2D eigenvalue weighted by Crippen LogP contribution is 2.29. The summed E-state index contributed by atoms with van der Waals surface area (Å²) in [6.07, 6.45) is 1.35. The van der Waals surface area contributed by atoms with E-state index in [1.165, 1.54) is 13.2 Å². The average molecular weight is 369 g/mol. The topological polar surface area (TPSA) is 95.9 Å². The number of carbonyl (C=O) groups excluding carboxylic acids is 3. The van der Waals surface area contributed by atoms with Crippen molar-refractivity contribution in [1.82, 2.24) is 10.2 Å². The summed E-state index contributed by atoms with van der Waals surface area (Å²) in [7, 11) is 1.17. The van der Waals surface area contributed by atoms with E-state index in [2.05, 4.69) is 26.0 Å². The second-order valence-corrected chi connectivity index (χ2v) is 5.53. The molecule has 0 atom stereocenters. The van der Waals surface area contributed by atoms with Crippen LogP contribution in [0.2, 0.25) is 0 Å². The zero-order chi connectivity index (χ0) is 16.4. The highest BCUT2D eigenvalue weighted by Gasteiger charge is 2.35. The SMILES string of the molecule is COC(=O)CN1C(=O)NC(=Cc2cc(Br)cc(C)c2O)C1=O. The van der Waals surface area contributed by atoms with Crippen LogP contribution in [0.1, 0.15) is 11.1 Å². The Labute approximate surface area is 134 Å². The van der Waals surface area contributed by atoms with E-state index in [1.54, 1.807) is 19.1 Å². The molecule has 0 spiro atoms. The van der Waals surface area contributed by atoms with Gasteiger partial charge in [-0.25, -0.2) is 9.69 Å². The smallest absolute Gasteiger partial charge is 0.329 e. The van der Waals surface area contributed by atoms with E-state index in [4.69, 9.17) is 0 Å². The first-order valence-corrected chi connectivity index (χ1v) is 7.03. The van der Waals surface area contributed by atoms with Gasteiger partial charge in [0.15, 0.2) is 0 Å². The van der Waals surface area contributed by atoms with Crippen LogP contribution in [-0.4, -0.2) is 41.6 Å². The lowest BCUT2D eigenvalue weighted by Gasteiger charge is -2.09. The predicted molar refractivity (Wildman–Crippen MR) is 80.8 cm³/mol. The third-order valence-electron chi connectivity index (χ3n) is 3.07. The van der Waals surface area contributed by atoms with E-state index in [0.29, 0.717) is 11.1 Å². The fourth-order valence-electron chi connectivity index (χ4n) is 1.94. The van der Waals surface area contributed by atoms with Gasteiger partial charge < -0.3 is 15.2 Å². The molecule has 116 valence electrons. The number of hydrogen-bond donors (Lipinski definition) is 2. The number of phenolic OH excluding ortho intramolecular Hbond substituents is 1. The largest absolute Gasteiger partial charge is 0.507 e. The summed E-state index contributed by atoms with van der Waals surface area (Å²) in [6, 6.07) is 2.61. The number of aryl methyl sites for hydroxylation is 1. The first-order valence-electron chi connectivity index (χ1n) is 6.24. The molecule has 0 bridgehead atoms. The number of ether oxygens (including phenoxy) is 1. The van der Waals surface area contributed by atoms with Crippen LogP contribution in [0.25, 0.3) is 6.08 Å². The Bertz CT molecular complexity index is 699. The molecule has 0 saturated carbocycles. The number of esters is 1. The summed E-state index contributed by atoms with van der Waals surface area (Å²) in [5.74, 6) is -1.36. The first-order chi connectivity index (χ1) is 10.3. The van der Waals surface area contributed by atoms with Crippen molar-refractivity contribution in [3.8, 4) is 5.75 Å². The molecule has 3 amide bonds. The van der Waals surface area contributed by atoms with E-state index < -0.39 is 24.5 Å². The Balaban J connectivity index is 2.33. The molecule has 22 heavy (non-hydrogen) atoms. The summed E-state index contributed by atoms with van der Waals surface area (Å²) < 4.78 is 5.15. The molecule has 7 nitrogen and oxygen atoms in total. The van der Waals surface area contributed by atoms with Crippen LogP contribution in [0, 0.1) is 6.92 Å². The minimum absolute atomic E-state index is 0.00386. The van der Waals surface area contributed by atoms with Crippen molar-refractivity contribution < 1.29 is 24.2 Å². The molecule has 1 saturated heterocycles. The minimum atomic E-state index is -0.715. The second kappa shape index (κ2) is 6.18. The quantitative estimate of drug-likeness (QED) is 0.479. The van der Waals surface area contributed by atoms with Gasteiger partial charge >= 0.3 is 12.0 Å². The number of nitrogens with zero attached hydrogens (tertiary/aromatic N) is 1. The Hall–Kier alpha value is -2.35. The Morgan fingerprint density at radius 1 is 1.45 bits per heavy atom. The summed E-state index contributed by atoms with van der Waals surface area (Å²) in [5, 5.41) is 12.4. The maximum Gasteiger partial charge on any atom is 0.329 e. The number of nitrogens with one attached hydrogen (secondary N) is 1. The molecule has 0 aromatic heterocycles. The van der Waals surface area contributed by atoms with E-state index in [-0.39, 0.29) is 11.4 Å². The number of imide groups is 1. The number of methoxy groups -OCH3 is 1. The fraction of sp³-hybridized carbons (Fsp3) is 0.214. The molecule has 1 heterocycles. The normalized spacial score (nSPS) is 16.1. The number of hydrogen-bond acceptors (Lipinski definition) is 5. The van der Waals surface area contributed by atoms with Gasteiger partial charge in [-0.15, -0.1) is 0 Å². The molecule has 1 aromatic carbocycles. The molecular weight excluding hydrogens is 356 g/mol. The number of halogens is 1. The molecular formula is C14H13BrN2O5. The standard InChI is InChI=1S/C14H13BrN2O5/c1-7-3-9(15)4-8(12(7)19)5-10-13(20)17(14(21)16-10)6-11(18)22-2/h3-5,19H,6H2,1-2H3,(H,16,21). The van der Waals surface area contributed by atoms with Crippen molar-refractivity contribution in [3.05, 3.63) is 33.4 Å². The van der Waals surface area contributed by atoms with Crippen molar-refractivity contribution in [2.24, 2.45) is 0 Å². The number of urea groups is 1. The molecule has 1 fully saturated rings.